The smallest absolute Gasteiger partial charge is 0.249 e. The molecule has 2 aliphatic rings. The third-order valence-electron chi connectivity index (χ3n) is 7.60. The van der Waals surface area contributed by atoms with Gasteiger partial charge in [-0.05, 0) is 80.4 Å². The summed E-state index contributed by atoms with van der Waals surface area (Å²) in [5.74, 6) is 0.622. The van der Waals surface area contributed by atoms with E-state index in [1.165, 1.54) is 0 Å². The molecule has 0 radical (unpaired) electrons. The maximum Gasteiger partial charge on any atom is 0.249 e. The van der Waals surface area contributed by atoms with Gasteiger partial charge in [0.1, 0.15) is 5.82 Å². The number of nitrogens with two attached hydrogens (primary N) is 1. The average Bonchev–Trinajstić information content (AvgIpc) is 2.89. The van der Waals surface area contributed by atoms with E-state index in [9.17, 15) is 9.59 Å². The van der Waals surface area contributed by atoms with Crippen molar-refractivity contribution >= 4 is 34.1 Å². The van der Waals surface area contributed by atoms with E-state index in [2.05, 4.69) is 27.2 Å². The van der Waals surface area contributed by atoms with Gasteiger partial charge in [-0.3, -0.25) is 14.6 Å². The summed E-state index contributed by atoms with van der Waals surface area (Å²) in [4.78, 5) is 38.6. The van der Waals surface area contributed by atoms with Crippen LogP contribution < -0.4 is 11.1 Å². The zero-order valence-electron chi connectivity index (χ0n) is 21.5. The number of likely N-dealkylation sites (N-methyl/N-ethyl adjacent to an activating group) is 1. The van der Waals surface area contributed by atoms with Crippen molar-refractivity contribution in [1.82, 2.24) is 19.8 Å². The molecule has 3 heterocycles. The first-order valence-electron chi connectivity index (χ1n) is 13.0. The van der Waals surface area contributed by atoms with Crippen LogP contribution in [-0.4, -0.2) is 64.8 Å². The summed E-state index contributed by atoms with van der Waals surface area (Å²) >= 11 is 0. The third kappa shape index (κ3) is 5.64. The van der Waals surface area contributed by atoms with Gasteiger partial charge < -0.3 is 20.9 Å². The standard InChI is InChI=1S/C29H34N6O2/c1-19-7-8-31-17-24(19)22-14-23-16-27(32-18-25(23)26(30)15-22)33-28(36)13-20-3-5-21(6-4-20)29(37)35-11-9-34(2)10-12-35/h7-8,13-18,21H,3-6,9-12,30H2,1-2H3,(H,32,33,36). The predicted molar refractivity (Wildman–Crippen MR) is 147 cm³/mol. The highest BCUT2D eigenvalue weighted by Gasteiger charge is 2.29. The molecule has 1 saturated heterocycles. The summed E-state index contributed by atoms with van der Waals surface area (Å²) < 4.78 is 0. The minimum absolute atomic E-state index is 0.0638. The van der Waals surface area contributed by atoms with E-state index < -0.39 is 0 Å². The monoisotopic (exact) mass is 498 g/mol. The van der Waals surface area contributed by atoms with Crippen LogP contribution in [0, 0.1) is 12.8 Å². The number of allylic oxidation sites excluding steroid dienone is 1. The lowest BCUT2D eigenvalue weighted by molar-refractivity contribution is -0.137. The zero-order chi connectivity index (χ0) is 25.9. The van der Waals surface area contributed by atoms with E-state index in [-0.39, 0.29) is 17.7 Å². The molecule has 8 nitrogen and oxygen atoms in total. The molecule has 2 amide bonds. The Balaban J connectivity index is 1.23. The normalized spacial score (nSPS) is 18.6. The van der Waals surface area contributed by atoms with Gasteiger partial charge in [-0.25, -0.2) is 4.98 Å². The number of nitrogen functional groups attached to an aromatic ring is 1. The summed E-state index contributed by atoms with van der Waals surface area (Å²) in [6, 6.07) is 7.80. The number of aromatic nitrogens is 2. The van der Waals surface area contributed by atoms with Crippen LogP contribution in [-0.2, 0) is 9.59 Å². The first kappa shape index (κ1) is 24.9. The quantitative estimate of drug-likeness (QED) is 0.416. The molecule has 1 saturated carbocycles. The van der Waals surface area contributed by atoms with Crippen molar-refractivity contribution in [2.24, 2.45) is 5.92 Å². The molecule has 5 rings (SSSR count). The molecule has 0 bridgehead atoms. The Hall–Kier alpha value is -3.78. The lowest BCUT2D eigenvalue weighted by Crippen LogP contribution is -2.49. The van der Waals surface area contributed by atoms with Crippen LogP contribution in [0.5, 0.6) is 0 Å². The van der Waals surface area contributed by atoms with E-state index in [1.54, 1.807) is 18.5 Å². The molecule has 3 aromatic rings. The van der Waals surface area contributed by atoms with Crippen LogP contribution in [0.15, 0.2) is 54.5 Å². The molecule has 1 aliphatic carbocycles. The topological polar surface area (TPSA) is 104 Å². The lowest BCUT2D eigenvalue weighted by atomic mass is 9.84. The van der Waals surface area contributed by atoms with Crippen molar-refractivity contribution in [3.63, 3.8) is 0 Å². The number of carbonyl (C=O) groups is 2. The van der Waals surface area contributed by atoms with Gasteiger partial charge in [0.2, 0.25) is 11.8 Å². The first-order chi connectivity index (χ1) is 17.9. The van der Waals surface area contributed by atoms with Gasteiger partial charge in [-0.2, -0.15) is 0 Å². The van der Waals surface area contributed by atoms with Crippen molar-refractivity contribution in [1.29, 1.82) is 0 Å². The molecule has 37 heavy (non-hydrogen) atoms. The molecule has 1 aromatic carbocycles. The number of amides is 2. The molecule has 8 heteroatoms. The maximum atomic E-state index is 12.9. The number of nitrogens with one attached hydrogen (secondary N) is 1. The van der Waals surface area contributed by atoms with Gasteiger partial charge in [-0.1, -0.05) is 5.57 Å². The fraction of sp³-hybridized carbons (Fsp3) is 0.379. The van der Waals surface area contributed by atoms with Crippen LogP contribution in [0.1, 0.15) is 31.2 Å². The molecule has 0 atom stereocenters. The summed E-state index contributed by atoms with van der Waals surface area (Å²) in [5, 5.41) is 4.64. The number of carbonyl (C=O) groups excluding carboxylic acids is 2. The number of nitrogens with zero attached hydrogens (tertiary/aromatic N) is 4. The van der Waals surface area contributed by atoms with Gasteiger partial charge in [0, 0.05) is 73.4 Å². The van der Waals surface area contributed by atoms with E-state index in [0.29, 0.717) is 11.5 Å². The summed E-state index contributed by atoms with van der Waals surface area (Å²) in [5.41, 5.74) is 11.1. The number of benzene rings is 1. The van der Waals surface area contributed by atoms with Crippen molar-refractivity contribution in [2.75, 3.05) is 44.3 Å². The average molecular weight is 499 g/mol. The SMILES string of the molecule is Cc1ccncc1-c1cc(N)c2cnc(NC(=O)C=C3CCC(C(=O)N4CCN(C)CC4)CC3)cc2c1. The van der Waals surface area contributed by atoms with E-state index in [0.717, 1.165) is 84.9 Å². The van der Waals surface area contributed by atoms with Gasteiger partial charge in [-0.15, -0.1) is 0 Å². The van der Waals surface area contributed by atoms with E-state index in [1.807, 2.05) is 42.3 Å². The zero-order valence-corrected chi connectivity index (χ0v) is 21.5. The molecule has 2 fully saturated rings. The Labute approximate surface area is 217 Å². The molecule has 0 spiro atoms. The highest BCUT2D eigenvalue weighted by Crippen LogP contribution is 2.32. The molecular formula is C29H34N6O2. The maximum absolute atomic E-state index is 12.9. The van der Waals surface area contributed by atoms with Crippen LogP contribution in [0.4, 0.5) is 11.5 Å². The van der Waals surface area contributed by atoms with Gasteiger partial charge in [0.15, 0.2) is 0 Å². The fourth-order valence-corrected chi connectivity index (χ4v) is 5.29. The second-order valence-electron chi connectivity index (χ2n) is 10.2. The second kappa shape index (κ2) is 10.7. The van der Waals surface area contributed by atoms with Crippen LogP contribution in [0.3, 0.4) is 0 Å². The van der Waals surface area contributed by atoms with Crippen molar-refractivity contribution in [3.05, 3.63) is 60.1 Å². The van der Waals surface area contributed by atoms with Crippen LogP contribution >= 0.6 is 0 Å². The Bertz CT molecular complexity index is 1350. The molecule has 1 aliphatic heterocycles. The van der Waals surface area contributed by atoms with Gasteiger partial charge in [0.05, 0.1) is 0 Å². The Morgan fingerprint density at radius 2 is 1.84 bits per heavy atom. The van der Waals surface area contributed by atoms with Gasteiger partial charge >= 0.3 is 0 Å². The van der Waals surface area contributed by atoms with Gasteiger partial charge in [0.25, 0.3) is 0 Å². The fourth-order valence-electron chi connectivity index (χ4n) is 5.29. The number of hydrogen-bond acceptors (Lipinski definition) is 6. The Kier molecular flexibility index (Phi) is 7.19. The number of pyridine rings is 2. The molecular weight excluding hydrogens is 464 g/mol. The van der Waals surface area contributed by atoms with Crippen molar-refractivity contribution in [3.8, 4) is 11.1 Å². The number of hydrogen-bond donors (Lipinski definition) is 2. The Morgan fingerprint density at radius 1 is 1.08 bits per heavy atom. The van der Waals surface area contributed by atoms with Crippen molar-refractivity contribution in [2.45, 2.75) is 32.6 Å². The number of anilines is 2. The summed E-state index contributed by atoms with van der Waals surface area (Å²) in [7, 11) is 2.09. The molecule has 0 unspecified atom stereocenters. The van der Waals surface area contributed by atoms with Crippen LogP contribution in [0.2, 0.25) is 0 Å². The number of fused-ring (bicyclic) bond motifs is 1. The minimum Gasteiger partial charge on any atom is -0.398 e. The number of aryl methyl sites for hydroxylation is 1. The van der Waals surface area contributed by atoms with Crippen LogP contribution in [0.25, 0.3) is 21.9 Å². The predicted octanol–water partition coefficient (Wildman–Crippen LogP) is 4.02. The summed E-state index contributed by atoms with van der Waals surface area (Å²) in [6.45, 7) is 5.53. The number of rotatable bonds is 4. The first-order valence-corrected chi connectivity index (χ1v) is 13.0. The second-order valence-corrected chi connectivity index (χ2v) is 10.2. The molecule has 3 N–H and O–H groups in total. The minimum atomic E-state index is -0.196. The molecule has 2 aromatic heterocycles. The Morgan fingerprint density at radius 3 is 2.57 bits per heavy atom. The number of piperazine rings is 1. The van der Waals surface area contributed by atoms with E-state index in [4.69, 9.17) is 5.73 Å². The highest BCUT2D eigenvalue weighted by atomic mass is 16.2. The lowest BCUT2D eigenvalue weighted by Gasteiger charge is -2.35. The summed E-state index contributed by atoms with van der Waals surface area (Å²) in [6.07, 6.45) is 10.1. The van der Waals surface area contributed by atoms with E-state index >= 15 is 0 Å². The molecule has 192 valence electrons. The van der Waals surface area contributed by atoms with Crippen molar-refractivity contribution < 1.29 is 9.59 Å². The largest absolute Gasteiger partial charge is 0.398 e. The highest BCUT2D eigenvalue weighted by molar-refractivity contribution is 6.02. The third-order valence-corrected chi connectivity index (χ3v) is 7.60.